The molecule has 0 aliphatic carbocycles. The van der Waals surface area contributed by atoms with Crippen molar-refractivity contribution >= 4 is 5.97 Å². The largest absolute Gasteiger partial charge is 0.481 e. The van der Waals surface area contributed by atoms with E-state index < -0.39 is 11.9 Å². The summed E-state index contributed by atoms with van der Waals surface area (Å²) in [6, 6.07) is 7.86. The molecule has 4 nitrogen and oxygen atoms in total. The van der Waals surface area contributed by atoms with E-state index in [2.05, 4.69) is 17.3 Å². The number of hydrogen-bond acceptors (Lipinski definition) is 3. The number of nitrogens with one attached hydrogen (secondary N) is 1. The van der Waals surface area contributed by atoms with Crippen molar-refractivity contribution in [1.29, 1.82) is 0 Å². The molecule has 1 atom stereocenters. The van der Waals surface area contributed by atoms with Crippen LogP contribution in [0.5, 0.6) is 0 Å². The minimum Gasteiger partial charge on any atom is -0.481 e. The molecular formula is C15H24N2O2. The number of nitrogens with zero attached hydrogens (tertiary/aromatic N) is 1. The number of aliphatic carboxylic acids is 1. The van der Waals surface area contributed by atoms with E-state index in [9.17, 15) is 4.79 Å². The Hall–Kier alpha value is -1.39. The molecule has 2 N–H and O–H groups in total. The summed E-state index contributed by atoms with van der Waals surface area (Å²) in [5.74, 6) is -1.22. The molecule has 1 aromatic rings. The van der Waals surface area contributed by atoms with Crippen LogP contribution >= 0.6 is 0 Å². The maximum Gasteiger partial charge on any atom is 0.310 e. The maximum atomic E-state index is 10.9. The molecule has 1 aromatic carbocycles. The van der Waals surface area contributed by atoms with Crippen molar-refractivity contribution in [3.63, 3.8) is 0 Å². The van der Waals surface area contributed by atoms with Gasteiger partial charge in [0, 0.05) is 6.54 Å². The Morgan fingerprint density at radius 3 is 2.53 bits per heavy atom. The normalized spacial score (nSPS) is 12.6. The van der Waals surface area contributed by atoms with Crippen LogP contribution in [-0.4, -0.2) is 43.2 Å². The first-order chi connectivity index (χ1) is 9.04. The van der Waals surface area contributed by atoms with Gasteiger partial charge in [0.2, 0.25) is 0 Å². The van der Waals surface area contributed by atoms with E-state index in [1.807, 2.05) is 31.3 Å². The predicted molar refractivity (Wildman–Crippen MR) is 77.4 cm³/mol. The minimum absolute atomic E-state index is 0.442. The molecular weight excluding hydrogens is 240 g/mol. The van der Waals surface area contributed by atoms with Gasteiger partial charge in [0.05, 0.1) is 5.92 Å². The van der Waals surface area contributed by atoms with Crippen LogP contribution in [-0.2, 0) is 11.3 Å². The lowest BCUT2D eigenvalue weighted by Gasteiger charge is -2.17. The molecule has 0 radical (unpaired) electrons. The van der Waals surface area contributed by atoms with Crippen LogP contribution in [0, 0.1) is 0 Å². The van der Waals surface area contributed by atoms with Gasteiger partial charge < -0.3 is 15.3 Å². The Balaban J connectivity index is 2.50. The maximum absolute atomic E-state index is 10.9. The van der Waals surface area contributed by atoms with Crippen molar-refractivity contribution in [3.8, 4) is 0 Å². The highest BCUT2D eigenvalue weighted by Crippen LogP contribution is 2.16. The summed E-state index contributed by atoms with van der Waals surface area (Å²) in [7, 11) is 4.06. The van der Waals surface area contributed by atoms with Crippen molar-refractivity contribution in [2.45, 2.75) is 25.8 Å². The van der Waals surface area contributed by atoms with Crippen LogP contribution in [0.1, 0.15) is 30.4 Å². The van der Waals surface area contributed by atoms with Gasteiger partial charge in [0.15, 0.2) is 0 Å². The van der Waals surface area contributed by atoms with E-state index >= 15 is 0 Å². The quantitative estimate of drug-likeness (QED) is 0.704. The lowest BCUT2D eigenvalue weighted by molar-refractivity contribution is -0.138. The Bertz CT molecular complexity index is 390. The van der Waals surface area contributed by atoms with Gasteiger partial charge in [0.25, 0.3) is 0 Å². The average molecular weight is 264 g/mol. The summed E-state index contributed by atoms with van der Waals surface area (Å²) in [5.41, 5.74) is 2.07. The molecule has 0 bridgehead atoms. The number of carboxylic acids is 1. The number of carbonyl (C=O) groups is 1. The molecule has 0 aliphatic rings. The molecule has 0 saturated carbocycles. The SMILES string of the molecule is CNCCCN(C)Cc1ccc(C(C)C(=O)O)cc1. The van der Waals surface area contributed by atoms with E-state index in [0.29, 0.717) is 0 Å². The Morgan fingerprint density at radius 1 is 1.37 bits per heavy atom. The molecule has 1 unspecified atom stereocenters. The molecule has 0 heterocycles. The number of rotatable bonds is 8. The number of hydrogen-bond donors (Lipinski definition) is 2. The second kappa shape index (κ2) is 7.92. The van der Waals surface area contributed by atoms with E-state index in [1.165, 1.54) is 5.56 Å². The fraction of sp³-hybridized carbons (Fsp3) is 0.533. The van der Waals surface area contributed by atoms with Crippen molar-refractivity contribution in [1.82, 2.24) is 10.2 Å². The number of carboxylic acid groups (broad SMARTS) is 1. The minimum atomic E-state index is -0.781. The predicted octanol–water partition coefficient (Wildman–Crippen LogP) is 1.92. The van der Waals surface area contributed by atoms with Crippen LogP contribution in [0.25, 0.3) is 0 Å². The molecule has 0 aromatic heterocycles. The third-order valence-corrected chi connectivity index (χ3v) is 3.27. The first kappa shape index (κ1) is 15.7. The van der Waals surface area contributed by atoms with Crippen LogP contribution in [0.2, 0.25) is 0 Å². The molecule has 0 saturated heterocycles. The summed E-state index contributed by atoms with van der Waals surface area (Å²) < 4.78 is 0. The Labute approximate surface area is 115 Å². The van der Waals surface area contributed by atoms with Gasteiger partial charge in [-0.05, 0) is 51.7 Å². The van der Waals surface area contributed by atoms with Gasteiger partial charge in [-0.25, -0.2) is 0 Å². The van der Waals surface area contributed by atoms with Gasteiger partial charge in [0.1, 0.15) is 0 Å². The summed E-state index contributed by atoms with van der Waals surface area (Å²) >= 11 is 0. The fourth-order valence-corrected chi connectivity index (χ4v) is 1.97. The molecule has 1 rings (SSSR count). The molecule has 19 heavy (non-hydrogen) atoms. The first-order valence-corrected chi connectivity index (χ1v) is 6.69. The topological polar surface area (TPSA) is 52.6 Å². The molecule has 0 spiro atoms. The molecule has 0 aliphatic heterocycles. The van der Waals surface area contributed by atoms with Crippen LogP contribution in [0.3, 0.4) is 0 Å². The lowest BCUT2D eigenvalue weighted by Crippen LogP contribution is -2.22. The van der Waals surface area contributed by atoms with Crippen molar-refractivity contribution in [2.75, 3.05) is 27.2 Å². The van der Waals surface area contributed by atoms with Crippen molar-refractivity contribution < 1.29 is 9.90 Å². The number of benzene rings is 1. The van der Waals surface area contributed by atoms with Gasteiger partial charge >= 0.3 is 5.97 Å². The van der Waals surface area contributed by atoms with Crippen molar-refractivity contribution in [3.05, 3.63) is 35.4 Å². The monoisotopic (exact) mass is 264 g/mol. The van der Waals surface area contributed by atoms with Gasteiger partial charge in [-0.1, -0.05) is 24.3 Å². The van der Waals surface area contributed by atoms with E-state index in [-0.39, 0.29) is 0 Å². The van der Waals surface area contributed by atoms with Gasteiger partial charge in [-0.2, -0.15) is 0 Å². The lowest BCUT2D eigenvalue weighted by atomic mass is 10.00. The highest BCUT2D eigenvalue weighted by Gasteiger charge is 2.13. The summed E-state index contributed by atoms with van der Waals surface area (Å²) in [6.07, 6.45) is 1.13. The van der Waals surface area contributed by atoms with Gasteiger partial charge in [-0.15, -0.1) is 0 Å². The van der Waals surface area contributed by atoms with E-state index in [1.54, 1.807) is 6.92 Å². The van der Waals surface area contributed by atoms with Crippen LogP contribution in [0.4, 0.5) is 0 Å². The Morgan fingerprint density at radius 2 is 2.00 bits per heavy atom. The summed E-state index contributed by atoms with van der Waals surface area (Å²) in [4.78, 5) is 13.2. The fourth-order valence-electron chi connectivity index (χ4n) is 1.97. The highest BCUT2D eigenvalue weighted by molar-refractivity contribution is 5.75. The average Bonchev–Trinajstić information content (AvgIpc) is 2.39. The standard InChI is InChI=1S/C15H24N2O2/c1-12(15(18)19)14-7-5-13(6-8-14)11-17(3)10-4-9-16-2/h5-8,12,16H,4,9-11H2,1-3H3,(H,18,19). The van der Waals surface area contributed by atoms with Crippen molar-refractivity contribution in [2.24, 2.45) is 0 Å². The van der Waals surface area contributed by atoms with Crippen LogP contribution < -0.4 is 5.32 Å². The second-order valence-electron chi connectivity index (χ2n) is 5.00. The first-order valence-electron chi connectivity index (χ1n) is 6.69. The zero-order valence-electron chi connectivity index (χ0n) is 12.0. The smallest absolute Gasteiger partial charge is 0.310 e. The second-order valence-corrected chi connectivity index (χ2v) is 5.00. The molecule has 0 amide bonds. The van der Waals surface area contributed by atoms with E-state index in [0.717, 1.165) is 31.6 Å². The third-order valence-electron chi connectivity index (χ3n) is 3.27. The summed E-state index contributed by atoms with van der Waals surface area (Å²) in [6.45, 7) is 4.68. The molecule has 0 fully saturated rings. The highest BCUT2D eigenvalue weighted by atomic mass is 16.4. The van der Waals surface area contributed by atoms with E-state index in [4.69, 9.17) is 5.11 Å². The third kappa shape index (κ3) is 5.41. The zero-order chi connectivity index (χ0) is 14.3. The summed E-state index contributed by atoms with van der Waals surface area (Å²) in [5, 5.41) is 12.1. The zero-order valence-corrected chi connectivity index (χ0v) is 12.0. The van der Waals surface area contributed by atoms with Gasteiger partial charge in [-0.3, -0.25) is 4.79 Å². The molecule has 106 valence electrons. The Kier molecular flexibility index (Phi) is 6.53. The molecule has 4 heteroatoms. The van der Waals surface area contributed by atoms with Crippen LogP contribution in [0.15, 0.2) is 24.3 Å².